The Bertz CT molecular complexity index is 1860. The minimum atomic E-state index is -6.34. The van der Waals surface area contributed by atoms with Gasteiger partial charge in [0.25, 0.3) is 0 Å². The maximum absolute atomic E-state index is 15.8. The Morgan fingerprint density at radius 2 is 1.19 bits per heavy atom. The maximum atomic E-state index is 15.8. The largest absolute Gasteiger partial charge is 0.510 e. The number of ether oxygens (including phenoxy) is 3. The predicted molar refractivity (Wildman–Crippen MR) is 195 cm³/mol. The summed E-state index contributed by atoms with van der Waals surface area (Å²) in [5, 5.41) is 29.5. The van der Waals surface area contributed by atoms with Crippen molar-refractivity contribution in [2.75, 3.05) is 0 Å². The van der Waals surface area contributed by atoms with Crippen LogP contribution in [0.1, 0.15) is 105 Å². The highest BCUT2D eigenvalue weighted by Crippen LogP contribution is 2.74. The zero-order chi connectivity index (χ0) is 49.1. The second-order valence-electron chi connectivity index (χ2n) is 20.3. The first-order valence-electron chi connectivity index (χ1n) is 20.6. The fourth-order valence-electron chi connectivity index (χ4n) is 11.6. The summed E-state index contributed by atoms with van der Waals surface area (Å²) in [7, 11) is 0. The van der Waals surface area contributed by atoms with Crippen molar-refractivity contribution in [1.29, 1.82) is 0 Å². The van der Waals surface area contributed by atoms with Gasteiger partial charge in [0.1, 0.15) is 17.3 Å². The van der Waals surface area contributed by atoms with Gasteiger partial charge in [-0.3, -0.25) is 4.79 Å². The van der Waals surface area contributed by atoms with Crippen molar-refractivity contribution in [3.05, 3.63) is 35.4 Å². The van der Waals surface area contributed by atoms with E-state index in [9.17, 15) is 73.2 Å². The lowest BCUT2D eigenvalue weighted by atomic mass is 9.57. The molecule has 12 atom stereocenters. The maximum Gasteiger partial charge on any atom is 0.510 e. The van der Waals surface area contributed by atoms with Crippen LogP contribution in [0.3, 0.4) is 0 Å². The molecule has 0 saturated heterocycles. The number of carbonyl (C=O) groups is 2. The molecule has 22 heteroatoms. The van der Waals surface area contributed by atoms with E-state index in [0.29, 0.717) is 12.1 Å². The molecular weight excluding hydrogens is 898 g/mol. The Morgan fingerprint density at radius 3 is 1.64 bits per heavy atom. The van der Waals surface area contributed by atoms with Gasteiger partial charge in [-0.1, -0.05) is 38.1 Å². The molecule has 0 heterocycles. The number of halogens is 14. The molecule has 5 rings (SSSR count). The summed E-state index contributed by atoms with van der Waals surface area (Å²) in [6.07, 6.45) is -31.7. The van der Waals surface area contributed by atoms with Crippen molar-refractivity contribution in [1.82, 2.24) is 0 Å². The van der Waals surface area contributed by atoms with Crippen molar-refractivity contribution in [3.8, 4) is 0 Å². The summed E-state index contributed by atoms with van der Waals surface area (Å²) in [5.74, 6) is -20.7. The number of rotatable bonds is 11. The molecule has 0 spiro atoms. The number of hydrogen-bond acceptors (Lipinski definition) is 8. The van der Waals surface area contributed by atoms with Gasteiger partial charge >= 0.3 is 54.1 Å². The van der Waals surface area contributed by atoms with E-state index in [-0.39, 0.29) is 37.0 Å². The molecule has 1 aromatic rings. The third-order valence-electron chi connectivity index (χ3n) is 14.1. The van der Waals surface area contributed by atoms with Gasteiger partial charge in [-0.05, 0) is 138 Å². The molecule has 64 heavy (non-hydrogen) atoms. The van der Waals surface area contributed by atoms with Gasteiger partial charge in [-0.2, -0.15) is 61.5 Å². The van der Waals surface area contributed by atoms with E-state index in [1.807, 2.05) is 0 Å². The fourth-order valence-corrected chi connectivity index (χ4v) is 11.6. The van der Waals surface area contributed by atoms with Crippen LogP contribution in [0.2, 0.25) is 0 Å². The van der Waals surface area contributed by atoms with Crippen molar-refractivity contribution >= 4 is 12.1 Å². The fraction of sp³-hybridized carbons (Fsp3) is 0.810. The molecule has 4 saturated carbocycles. The van der Waals surface area contributed by atoms with Crippen LogP contribution < -0.4 is 0 Å². The molecule has 4 aliphatic rings. The SMILES string of the molecule is CC(CC(CC1C(C)C2CC1C1C3CC(C(C(O)C(F)(F)C(O)(O)C(F)(F)F)C3)C21)(C(=O)OC(C)(C)C)C(F)(F)F)c1ccc(C(OC(=O)OC(C)(C)C)(C(F)(F)F)C(F)(F)F)cc1. The van der Waals surface area contributed by atoms with Gasteiger partial charge in [0.05, 0.1) is 0 Å². The summed E-state index contributed by atoms with van der Waals surface area (Å²) in [4.78, 5) is 26.3. The molecule has 0 aromatic heterocycles. The lowest BCUT2D eigenvalue weighted by molar-refractivity contribution is -0.432. The van der Waals surface area contributed by atoms with Crippen LogP contribution in [0, 0.1) is 58.7 Å². The smallest absolute Gasteiger partial charge is 0.459 e. The quantitative estimate of drug-likeness (QED) is 0.0868. The number of alkyl halides is 14. The Balaban J connectivity index is 1.48. The van der Waals surface area contributed by atoms with Crippen LogP contribution >= 0.6 is 0 Å². The summed E-state index contributed by atoms with van der Waals surface area (Å²) in [6.45, 7) is 10.1. The van der Waals surface area contributed by atoms with Crippen molar-refractivity contribution < 1.29 is 101 Å². The normalized spacial score (nSPS) is 29.9. The highest BCUT2D eigenvalue weighted by molar-refractivity contribution is 5.78. The van der Waals surface area contributed by atoms with E-state index in [4.69, 9.17) is 4.74 Å². The minimum Gasteiger partial charge on any atom is -0.459 e. The number of benzene rings is 1. The summed E-state index contributed by atoms with van der Waals surface area (Å²) in [6, 6.07) is 1.94. The molecule has 3 N–H and O–H groups in total. The second kappa shape index (κ2) is 16.0. The Hall–Kier alpha value is -3.14. The van der Waals surface area contributed by atoms with Gasteiger partial charge in [0.2, 0.25) is 0 Å². The number of carbonyl (C=O) groups excluding carboxylic acids is 2. The molecule has 12 unspecified atom stereocenters. The first-order chi connectivity index (χ1) is 28.6. The van der Waals surface area contributed by atoms with Gasteiger partial charge in [0.15, 0.2) is 5.41 Å². The predicted octanol–water partition coefficient (Wildman–Crippen LogP) is 10.8. The molecule has 0 radical (unpaired) electrons. The standard InChI is InChI=1S/C42H52F14O8/c1-18(20-9-11-22(12-10-20)36(40(48,49)50,41(51,52)53)64-32(59)63-34(6,7)8)16-35(39(45,46)47,31(58)62-33(3,4)5)17-27-19(2)23-15-25(27)28-21-13-24(29(23)28)26(14-21)30(57)37(43,44)38(60,61)42(54,55)56/h9-12,18-19,21,23-30,57,60-61H,13-17H2,1-8H3. The van der Waals surface area contributed by atoms with Crippen molar-refractivity contribution in [2.24, 2.45) is 58.7 Å². The molecule has 0 amide bonds. The Morgan fingerprint density at radius 1 is 0.672 bits per heavy atom. The van der Waals surface area contributed by atoms with Gasteiger partial charge in [-0.25, -0.2) is 4.79 Å². The topological polar surface area (TPSA) is 123 Å². The molecule has 4 bridgehead atoms. The highest BCUT2D eigenvalue weighted by Gasteiger charge is 2.77. The molecule has 4 aliphatic carbocycles. The minimum absolute atomic E-state index is 0.117. The molecule has 1 aromatic carbocycles. The number of esters is 1. The Kier molecular flexibility index (Phi) is 13.0. The van der Waals surface area contributed by atoms with Crippen molar-refractivity contribution in [3.63, 3.8) is 0 Å². The number of aliphatic hydroxyl groups excluding tert-OH is 1. The third-order valence-corrected chi connectivity index (χ3v) is 14.1. The van der Waals surface area contributed by atoms with Crippen LogP contribution in [-0.2, 0) is 24.6 Å². The van der Waals surface area contributed by atoms with E-state index >= 15 is 13.2 Å². The molecule has 366 valence electrons. The van der Waals surface area contributed by atoms with Gasteiger partial charge < -0.3 is 29.5 Å². The molecule has 0 aliphatic heterocycles. The Labute approximate surface area is 359 Å². The van der Waals surface area contributed by atoms with Gasteiger partial charge in [-0.15, -0.1) is 0 Å². The first kappa shape index (κ1) is 51.8. The van der Waals surface area contributed by atoms with Crippen molar-refractivity contribution in [2.45, 2.75) is 153 Å². The van der Waals surface area contributed by atoms with Crippen LogP contribution in [0.15, 0.2) is 24.3 Å². The van der Waals surface area contributed by atoms with E-state index in [1.54, 1.807) is 6.92 Å². The summed E-state index contributed by atoms with van der Waals surface area (Å²) >= 11 is 0. The van der Waals surface area contributed by atoms with E-state index in [2.05, 4.69) is 9.47 Å². The number of aliphatic hydroxyl groups is 3. The lowest BCUT2D eigenvalue weighted by Crippen LogP contribution is -2.65. The molecule has 8 nitrogen and oxygen atoms in total. The average Bonchev–Trinajstić information content (AvgIpc) is 3.86. The first-order valence-corrected chi connectivity index (χ1v) is 20.6. The monoisotopic (exact) mass is 950 g/mol. The zero-order valence-electron chi connectivity index (χ0n) is 35.9. The summed E-state index contributed by atoms with van der Waals surface area (Å²) < 4.78 is 218. The van der Waals surface area contributed by atoms with E-state index in [0.717, 1.165) is 20.8 Å². The average molecular weight is 951 g/mol. The van der Waals surface area contributed by atoms with Crippen LogP contribution in [0.5, 0.6) is 0 Å². The molecule has 4 fully saturated rings. The van der Waals surface area contributed by atoms with Crippen LogP contribution in [0.25, 0.3) is 0 Å². The number of fused-ring (bicyclic) bond motifs is 9. The zero-order valence-corrected chi connectivity index (χ0v) is 35.9. The lowest BCUT2D eigenvalue weighted by Gasteiger charge is -2.48. The molecular formula is C42H52F14O8. The van der Waals surface area contributed by atoms with E-state index < -0.39 is 154 Å². The summed E-state index contributed by atoms with van der Waals surface area (Å²) in [5.41, 5.74) is -13.6. The van der Waals surface area contributed by atoms with E-state index in [1.165, 1.54) is 27.7 Å². The van der Waals surface area contributed by atoms with Gasteiger partial charge in [0, 0.05) is 5.56 Å². The third kappa shape index (κ3) is 8.66. The highest BCUT2D eigenvalue weighted by atomic mass is 19.4. The second-order valence-corrected chi connectivity index (χ2v) is 20.3. The van der Waals surface area contributed by atoms with Crippen LogP contribution in [-0.4, -0.2) is 81.2 Å². The van der Waals surface area contributed by atoms with Crippen LogP contribution in [0.4, 0.5) is 66.3 Å². The number of hydrogen-bond donors (Lipinski definition) is 3.